The third-order valence-corrected chi connectivity index (χ3v) is 12.1. The number of methoxy groups -OCH3 is 2. The second kappa shape index (κ2) is 31.5. The highest BCUT2D eigenvalue weighted by Gasteiger charge is 2.14. The van der Waals surface area contributed by atoms with Gasteiger partial charge in [0.05, 0.1) is 14.2 Å². The topological polar surface area (TPSA) is 176 Å². The first-order valence-corrected chi connectivity index (χ1v) is 26.0. The molecule has 0 amide bonds. The van der Waals surface area contributed by atoms with Crippen molar-refractivity contribution in [3.8, 4) is 68.2 Å². The maximum Gasteiger partial charge on any atom is 0.311 e. The molecule has 0 aliphatic heterocycles. The average molecular weight is 1040 g/mol. The Morgan fingerprint density at radius 2 is 0.447 bits per heavy atom. The number of hydrogen-bond donors (Lipinski definition) is 0. The van der Waals surface area contributed by atoms with Gasteiger partial charge < -0.3 is 37.9 Å². The zero-order valence-electron chi connectivity index (χ0n) is 43.3. The lowest BCUT2D eigenvalue weighted by atomic mass is 10.1. The largest absolute Gasteiger partial charge is 0.493 e. The summed E-state index contributed by atoms with van der Waals surface area (Å²) in [5.74, 6) is 1.66. The van der Waals surface area contributed by atoms with Crippen molar-refractivity contribution in [2.24, 2.45) is 0 Å². The summed E-state index contributed by atoms with van der Waals surface area (Å²) in [6.45, 7) is 0. The molecule has 0 saturated heterocycles. The van der Waals surface area contributed by atoms with Crippen molar-refractivity contribution in [3.63, 3.8) is 0 Å². The molecule has 0 unspecified atom stereocenters. The van der Waals surface area contributed by atoms with E-state index < -0.39 is 0 Å². The van der Waals surface area contributed by atoms with Gasteiger partial charge in [-0.3, -0.25) is 28.8 Å². The van der Waals surface area contributed by atoms with Gasteiger partial charge in [0.2, 0.25) is 0 Å². The fourth-order valence-electron chi connectivity index (χ4n) is 8.02. The van der Waals surface area contributed by atoms with Crippen LogP contribution in [0.25, 0.3) is 22.3 Å². The lowest BCUT2D eigenvalue weighted by molar-refractivity contribution is -0.135. The molecule has 0 atom stereocenters. The van der Waals surface area contributed by atoms with Crippen molar-refractivity contribution in [2.45, 2.75) is 116 Å². The minimum Gasteiger partial charge on any atom is -0.493 e. The van der Waals surface area contributed by atoms with Crippen LogP contribution in [0.1, 0.15) is 116 Å². The monoisotopic (exact) mass is 1030 g/mol. The molecule has 398 valence electrons. The van der Waals surface area contributed by atoms with Gasteiger partial charge in [0.1, 0.15) is 23.0 Å². The number of benzene rings is 6. The van der Waals surface area contributed by atoms with Crippen LogP contribution in [-0.2, 0) is 28.8 Å². The summed E-state index contributed by atoms with van der Waals surface area (Å²) in [5.41, 5.74) is 3.63. The van der Waals surface area contributed by atoms with Crippen molar-refractivity contribution in [3.05, 3.63) is 146 Å². The summed E-state index contributed by atoms with van der Waals surface area (Å²) >= 11 is 0. The molecule has 0 aromatic heterocycles. The first-order chi connectivity index (χ1) is 37.0. The summed E-state index contributed by atoms with van der Waals surface area (Å²) in [6, 6.07) is 42.8. The zero-order chi connectivity index (χ0) is 53.7. The van der Waals surface area contributed by atoms with Gasteiger partial charge in [0.15, 0.2) is 23.0 Å². The van der Waals surface area contributed by atoms with Gasteiger partial charge in [-0.05, 0) is 134 Å². The molecular formula is C62H66O14. The van der Waals surface area contributed by atoms with E-state index in [1.807, 2.05) is 48.5 Å². The van der Waals surface area contributed by atoms with Crippen molar-refractivity contribution >= 4 is 35.8 Å². The third kappa shape index (κ3) is 20.2. The van der Waals surface area contributed by atoms with Gasteiger partial charge in [0.25, 0.3) is 0 Å². The first-order valence-electron chi connectivity index (χ1n) is 26.0. The second-order valence-electron chi connectivity index (χ2n) is 18.0. The Labute approximate surface area is 444 Å². The van der Waals surface area contributed by atoms with E-state index in [1.54, 1.807) is 97.1 Å². The molecule has 0 aliphatic carbocycles. The van der Waals surface area contributed by atoms with E-state index in [1.165, 1.54) is 14.2 Å². The highest BCUT2D eigenvalue weighted by atomic mass is 16.6. The van der Waals surface area contributed by atoms with Crippen LogP contribution in [0.2, 0.25) is 0 Å². The Morgan fingerprint density at radius 1 is 0.250 bits per heavy atom. The number of para-hydroxylation sites is 4. The molecule has 6 aromatic carbocycles. The van der Waals surface area contributed by atoms with Gasteiger partial charge in [-0.15, -0.1) is 0 Å². The molecule has 0 aliphatic rings. The maximum absolute atomic E-state index is 12.5. The van der Waals surface area contributed by atoms with Crippen molar-refractivity contribution < 1.29 is 66.7 Å². The molecule has 0 radical (unpaired) electrons. The summed E-state index contributed by atoms with van der Waals surface area (Å²) in [6.07, 6.45) is 10.2. The number of rotatable bonds is 31. The highest BCUT2D eigenvalue weighted by molar-refractivity contribution is 5.76. The van der Waals surface area contributed by atoms with E-state index in [-0.39, 0.29) is 74.3 Å². The van der Waals surface area contributed by atoms with Crippen LogP contribution in [0.4, 0.5) is 0 Å². The SMILES string of the molecule is COc1ccccc1OC(=O)CCCCCCC(=O)Oc1ccc(-c2ccc(OC(=O)CCCCCCC(=O)Oc3ccc(-c4ccc(OC(=O)CCCCCCC(=O)Oc5ccccc5OC)cc4)cc3)cc2)cc1. The molecule has 0 bridgehead atoms. The summed E-state index contributed by atoms with van der Waals surface area (Å²) < 4.78 is 43.3. The molecule has 0 saturated carbocycles. The van der Waals surface area contributed by atoms with Crippen LogP contribution in [-0.4, -0.2) is 50.0 Å². The molecule has 0 fully saturated rings. The van der Waals surface area contributed by atoms with Gasteiger partial charge in [-0.2, -0.15) is 0 Å². The lowest BCUT2D eigenvalue weighted by Gasteiger charge is -2.09. The Bertz CT molecular complexity index is 2590. The second-order valence-corrected chi connectivity index (χ2v) is 18.0. The normalized spacial score (nSPS) is 10.7. The Kier molecular flexibility index (Phi) is 23.6. The van der Waals surface area contributed by atoms with Crippen LogP contribution >= 0.6 is 0 Å². The smallest absolute Gasteiger partial charge is 0.311 e. The molecule has 6 rings (SSSR count). The predicted octanol–water partition coefficient (Wildman–Crippen LogP) is 13.6. The Morgan fingerprint density at radius 3 is 0.658 bits per heavy atom. The van der Waals surface area contributed by atoms with Gasteiger partial charge in [-0.25, -0.2) is 0 Å². The quantitative estimate of drug-likeness (QED) is 0.0228. The summed E-state index contributed by atoms with van der Waals surface area (Å²) in [4.78, 5) is 74.3. The number of unbranched alkanes of at least 4 members (excludes halogenated alkanes) is 9. The molecule has 6 aromatic rings. The van der Waals surface area contributed by atoms with Crippen LogP contribution in [0.15, 0.2) is 146 Å². The molecular weight excluding hydrogens is 969 g/mol. The molecule has 0 heterocycles. The number of esters is 6. The Hall–Kier alpha value is -8.26. The molecule has 14 nitrogen and oxygen atoms in total. The maximum atomic E-state index is 12.5. The lowest BCUT2D eigenvalue weighted by Crippen LogP contribution is -2.09. The number of ether oxygens (including phenoxy) is 8. The fourth-order valence-corrected chi connectivity index (χ4v) is 8.02. The standard InChI is InChI=1S/C62H66O14/c1-69-53-19-15-17-21-55(53)75-61(67)27-13-7-5-11-25-59(65)73-51-41-33-47(34-42-51)45-29-37-49(38-30-45)71-57(63)23-9-3-4-10-24-58(64)72-50-39-31-46(32-40-50)48-35-43-52(44-36-48)74-60(66)26-12-6-8-14-28-62(68)76-56-22-18-16-20-54(56)70-2/h15-22,29-44H,3-14,23-28H2,1-2H3. The van der Waals surface area contributed by atoms with Crippen molar-refractivity contribution in [1.29, 1.82) is 0 Å². The summed E-state index contributed by atoms with van der Waals surface area (Å²) in [7, 11) is 3.05. The number of carbonyl (C=O) groups is 6. The fraction of sp³-hybridized carbons (Fsp3) is 0.323. The zero-order valence-corrected chi connectivity index (χ0v) is 43.3. The van der Waals surface area contributed by atoms with E-state index in [4.69, 9.17) is 37.9 Å². The van der Waals surface area contributed by atoms with Crippen molar-refractivity contribution in [2.75, 3.05) is 14.2 Å². The van der Waals surface area contributed by atoms with Crippen LogP contribution in [0, 0.1) is 0 Å². The molecule has 0 N–H and O–H groups in total. The summed E-state index contributed by atoms with van der Waals surface area (Å²) in [5, 5.41) is 0. The van der Waals surface area contributed by atoms with E-state index in [0.717, 1.165) is 60.8 Å². The molecule has 76 heavy (non-hydrogen) atoms. The van der Waals surface area contributed by atoms with E-state index in [2.05, 4.69) is 0 Å². The van der Waals surface area contributed by atoms with Crippen LogP contribution < -0.4 is 37.9 Å². The number of carbonyl (C=O) groups excluding carboxylic acids is 6. The van der Waals surface area contributed by atoms with Gasteiger partial charge in [-0.1, -0.05) is 111 Å². The number of hydrogen-bond acceptors (Lipinski definition) is 14. The van der Waals surface area contributed by atoms with Crippen molar-refractivity contribution in [1.82, 2.24) is 0 Å². The molecule has 0 spiro atoms. The highest BCUT2D eigenvalue weighted by Crippen LogP contribution is 2.30. The van der Waals surface area contributed by atoms with Gasteiger partial charge >= 0.3 is 35.8 Å². The molecule has 14 heteroatoms. The predicted molar refractivity (Wildman–Crippen MR) is 287 cm³/mol. The van der Waals surface area contributed by atoms with Crippen LogP contribution in [0.3, 0.4) is 0 Å². The van der Waals surface area contributed by atoms with E-state index in [0.29, 0.717) is 84.5 Å². The average Bonchev–Trinajstić information content (AvgIpc) is 3.42. The minimum atomic E-state index is -0.328. The minimum absolute atomic E-state index is 0.255. The van der Waals surface area contributed by atoms with E-state index >= 15 is 0 Å². The van der Waals surface area contributed by atoms with E-state index in [9.17, 15) is 28.8 Å². The van der Waals surface area contributed by atoms with Crippen LogP contribution in [0.5, 0.6) is 46.0 Å². The van der Waals surface area contributed by atoms with Gasteiger partial charge in [0, 0.05) is 38.5 Å². The first kappa shape index (κ1) is 57.0. The Balaban J connectivity index is 0.764. The third-order valence-electron chi connectivity index (χ3n) is 12.1.